The molecule has 0 unspecified atom stereocenters. The van der Waals surface area contributed by atoms with E-state index in [4.69, 9.17) is 5.73 Å². The fraction of sp³-hybridized carbons (Fsp3) is 0.364. The van der Waals surface area contributed by atoms with Gasteiger partial charge in [-0.3, -0.25) is 9.98 Å². The van der Waals surface area contributed by atoms with Gasteiger partial charge in [-0.1, -0.05) is 11.8 Å². The van der Waals surface area contributed by atoms with Gasteiger partial charge in [0.25, 0.3) is 0 Å². The molecule has 0 saturated heterocycles. The Labute approximate surface area is 182 Å². The molecule has 1 aliphatic heterocycles. The Kier molecular flexibility index (Phi) is 4.53. The lowest BCUT2D eigenvalue weighted by Crippen LogP contribution is -2.37. The van der Waals surface area contributed by atoms with Crippen LogP contribution in [0.25, 0.3) is 11.0 Å². The third-order valence-electron chi connectivity index (χ3n) is 6.31. The summed E-state index contributed by atoms with van der Waals surface area (Å²) in [5.41, 5.74) is 8.59. The van der Waals surface area contributed by atoms with Crippen molar-refractivity contribution in [2.24, 2.45) is 16.6 Å². The Hall–Kier alpha value is -2.65. The van der Waals surface area contributed by atoms with Crippen molar-refractivity contribution in [3.63, 3.8) is 0 Å². The molecule has 31 heavy (non-hydrogen) atoms. The number of halogens is 2. The summed E-state index contributed by atoms with van der Waals surface area (Å²) in [5, 5.41) is 10.1. The summed E-state index contributed by atoms with van der Waals surface area (Å²) in [6.07, 6.45) is 4.08. The van der Waals surface area contributed by atoms with E-state index in [1.54, 1.807) is 19.2 Å². The molecule has 3 atom stereocenters. The molecule has 1 saturated carbocycles. The van der Waals surface area contributed by atoms with E-state index in [1.165, 1.54) is 24.2 Å². The van der Waals surface area contributed by atoms with Gasteiger partial charge in [-0.15, -0.1) is 0 Å². The quantitative estimate of drug-likeness (QED) is 0.645. The third-order valence-corrected chi connectivity index (χ3v) is 7.60. The van der Waals surface area contributed by atoms with Gasteiger partial charge < -0.3 is 10.8 Å². The summed E-state index contributed by atoms with van der Waals surface area (Å²) in [7, 11) is 0. The van der Waals surface area contributed by atoms with Crippen LogP contribution in [0.3, 0.4) is 0 Å². The molecule has 3 aromatic rings. The molecule has 3 N–H and O–H groups in total. The van der Waals surface area contributed by atoms with E-state index in [2.05, 4.69) is 19.9 Å². The van der Waals surface area contributed by atoms with Gasteiger partial charge in [-0.25, -0.2) is 18.7 Å². The Balaban J connectivity index is 1.59. The minimum atomic E-state index is -1.05. The van der Waals surface area contributed by atoms with Crippen molar-refractivity contribution in [1.29, 1.82) is 0 Å². The molecule has 2 aromatic heterocycles. The molecular formula is C22H21F2N5OS. The summed E-state index contributed by atoms with van der Waals surface area (Å²) in [5.74, 6) is -2.01. The van der Waals surface area contributed by atoms with Crippen molar-refractivity contribution < 1.29 is 13.9 Å². The summed E-state index contributed by atoms with van der Waals surface area (Å²) in [4.78, 5) is 17.5. The van der Waals surface area contributed by atoms with Crippen molar-refractivity contribution in [2.75, 3.05) is 6.61 Å². The average Bonchev–Trinajstić information content (AvgIpc) is 3.46. The first-order chi connectivity index (χ1) is 14.8. The number of hydrogen-bond acceptors (Lipinski definition) is 7. The maximum atomic E-state index is 15.0. The van der Waals surface area contributed by atoms with Gasteiger partial charge in [0.05, 0.1) is 28.1 Å². The second kappa shape index (κ2) is 6.93. The lowest BCUT2D eigenvalue weighted by atomic mass is 9.84. The van der Waals surface area contributed by atoms with Gasteiger partial charge in [-0.05, 0) is 49.6 Å². The number of pyridine rings is 1. The molecule has 9 heteroatoms. The number of thioether (sulfide) groups is 1. The number of nitrogens with two attached hydrogens (primary N) is 1. The predicted octanol–water partition coefficient (Wildman–Crippen LogP) is 3.23. The third kappa shape index (κ3) is 3.18. The molecule has 160 valence electrons. The molecule has 1 aromatic carbocycles. The van der Waals surface area contributed by atoms with Crippen LogP contribution >= 0.6 is 11.8 Å². The van der Waals surface area contributed by atoms with Crippen LogP contribution in [0.1, 0.15) is 35.7 Å². The van der Waals surface area contributed by atoms with Crippen LogP contribution in [0.5, 0.6) is 0 Å². The standard InChI is InChI=1S/C22H21F2N5OS/c1-11-3-15-19(26-8-11)16(28-10-27-15)6-12-4-13(18(24)14(23)5-12)21(2)17-7-22(17,9-30)31-20(25)29-21/h3-5,8,10,17,30H,6-7,9H2,1-2H3,(H2,25,29)/t17-,21+,22+/m0/s1. The second-order valence-corrected chi connectivity index (χ2v) is 9.93. The highest BCUT2D eigenvalue weighted by molar-refractivity contribution is 8.15. The molecule has 3 heterocycles. The average molecular weight is 442 g/mol. The monoisotopic (exact) mass is 441 g/mol. The largest absolute Gasteiger partial charge is 0.395 e. The van der Waals surface area contributed by atoms with E-state index in [0.717, 1.165) is 5.56 Å². The van der Waals surface area contributed by atoms with Crippen molar-refractivity contribution in [2.45, 2.75) is 37.0 Å². The topological polar surface area (TPSA) is 97.3 Å². The fourth-order valence-corrected chi connectivity index (χ4v) is 5.98. The van der Waals surface area contributed by atoms with Crippen LogP contribution in [-0.2, 0) is 12.0 Å². The highest BCUT2D eigenvalue weighted by Gasteiger charge is 2.66. The van der Waals surface area contributed by atoms with Gasteiger partial charge in [-0.2, -0.15) is 0 Å². The number of benzene rings is 1. The van der Waals surface area contributed by atoms with E-state index in [9.17, 15) is 9.50 Å². The number of aliphatic imine (C=N–C) groups is 1. The maximum absolute atomic E-state index is 15.0. The van der Waals surface area contributed by atoms with Crippen LogP contribution in [0.2, 0.25) is 0 Å². The zero-order valence-corrected chi connectivity index (χ0v) is 17.9. The molecule has 1 fully saturated rings. The van der Waals surface area contributed by atoms with E-state index < -0.39 is 21.9 Å². The van der Waals surface area contributed by atoms with Crippen LogP contribution in [0.15, 0.2) is 35.7 Å². The smallest absolute Gasteiger partial charge is 0.164 e. The molecule has 1 aliphatic carbocycles. The normalized spacial score (nSPS) is 27.1. The van der Waals surface area contributed by atoms with Crippen molar-refractivity contribution in [3.05, 3.63) is 64.7 Å². The summed E-state index contributed by atoms with van der Waals surface area (Å²) in [6.45, 7) is 3.60. The Bertz CT molecular complexity index is 1250. The predicted molar refractivity (Wildman–Crippen MR) is 116 cm³/mol. The molecule has 0 amide bonds. The highest BCUT2D eigenvalue weighted by Crippen LogP contribution is 2.65. The summed E-state index contributed by atoms with van der Waals surface area (Å²) < 4.78 is 29.2. The van der Waals surface area contributed by atoms with Crippen LogP contribution in [0, 0.1) is 24.5 Å². The number of aliphatic hydroxyl groups is 1. The zero-order valence-electron chi connectivity index (χ0n) is 17.1. The molecule has 0 spiro atoms. The first kappa shape index (κ1) is 20.3. The van der Waals surface area contributed by atoms with E-state index in [0.29, 0.717) is 28.7 Å². The lowest BCUT2D eigenvalue weighted by molar-refractivity contribution is 0.264. The summed E-state index contributed by atoms with van der Waals surface area (Å²) in [6, 6.07) is 4.72. The van der Waals surface area contributed by atoms with Gasteiger partial charge in [0, 0.05) is 24.1 Å². The van der Waals surface area contributed by atoms with Crippen LogP contribution in [0.4, 0.5) is 8.78 Å². The first-order valence-electron chi connectivity index (χ1n) is 9.95. The molecular weight excluding hydrogens is 420 g/mol. The van der Waals surface area contributed by atoms with E-state index >= 15 is 4.39 Å². The first-order valence-corrected chi connectivity index (χ1v) is 10.8. The number of nitrogens with zero attached hydrogens (tertiary/aromatic N) is 4. The van der Waals surface area contributed by atoms with E-state index in [-0.39, 0.29) is 29.7 Å². The van der Waals surface area contributed by atoms with Crippen LogP contribution in [-0.4, -0.2) is 36.6 Å². The molecule has 0 radical (unpaired) electrons. The molecule has 0 bridgehead atoms. The number of fused-ring (bicyclic) bond motifs is 2. The number of aliphatic hydroxyl groups excluding tert-OH is 1. The van der Waals surface area contributed by atoms with Gasteiger partial charge in [0.1, 0.15) is 11.8 Å². The Morgan fingerprint density at radius 2 is 2.03 bits per heavy atom. The number of rotatable bonds is 4. The minimum absolute atomic E-state index is 0.0874. The molecule has 6 nitrogen and oxygen atoms in total. The van der Waals surface area contributed by atoms with E-state index in [1.807, 2.05) is 13.0 Å². The van der Waals surface area contributed by atoms with Gasteiger partial charge in [0.15, 0.2) is 16.8 Å². The second-order valence-electron chi connectivity index (χ2n) is 8.50. The van der Waals surface area contributed by atoms with Crippen molar-refractivity contribution in [3.8, 4) is 0 Å². The Morgan fingerprint density at radius 3 is 2.81 bits per heavy atom. The lowest BCUT2D eigenvalue weighted by Gasteiger charge is -2.34. The van der Waals surface area contributed by atoms with Crippen LogP contribution < -0.4 is 5.73 Å². The molecule has 2 aliphatic rings. The van der Waals surface area contributed by atoms with Crippen molar-refractivity contribution in [1.82, 2.24) is 15.0 Å². The number of amidine groups is 1. The minimum Gasteiger partial charge on any atom is -0.395 e. The zero-order chi connectivity index (χ0) is 22.0. The number of hydrogen-bond donors (Lipinski definition) is 2. The van der Waals surface area contributed by atoms with Gasteiger partial charge >= 0.3 is 0 Å². The highest BCUT2D eigenvalue weighted by atomic mass is 32.2. The van der Waals surface area contributed by atoms with Gasteiger partial charge in [0.2, 0.25) is 0 Å². The van der Waals surface area contributed by atoms with Crippen molar-refractivity contribution >= 4 is 28.0 Å². The SMILES string of the molecule is Cc1cnc2c(Cc3cc(F)c(F)c([C@@]4(C)N=C(N)S[C@@]5(CO)C[C@H]54)c3)ncnc2c1. The number of aromatic nitrogens is 3. The maximum Gasteiger partial charge on any atom is 0.164 e. The fourth-order valence-electron chi connectivity index (χ4n) is 4.64. The molecule has 5 rings (SSSR count). The summed E-state index contributed by atoms with van der Waals surface area (Å²) >= 11 is 1.32. The Morgan fingerprint density at radius 1 is 1.23 bits per heavy atom. The number of aryl methyl sites for hydroxylation is 1.